The Morgan fingerprint density at radius 1 is 1.43 bits per heavy atom. The first-order chi connectivity index (χ1) is 6.92. The van der Waals surface area contributed by atoms with Gasteiger partial charge in [-0.2, -0.15) is 5.26 Å². The van der Waals surface area contributed by atoms with E-state index in [2.05, 4.69) is 21.0 Å². The van der Waals surface area contributed by atoms with Crippen LogP contribution in [0.3, 0.4) is 0 Å². The van der Waals surface area contributed by atoms with Gasteiger partial charge in [0, 0.05) is 24.3 Å². The minimum absolute atomic E-state index is 0.362. The van der Waals surface area contributed by atoms with Crippen molar-refractivity contribution >= 4 is 0 Å². The third kappa shape index (κ3) is 1.48. The lowest BCUT2D eigenvalue weighted by molar-refractivity contribution is 0.912. The van der Waals surface area contributed by atoms with Crippen molar-refractivity contribution in [3.63, 3.8) is 0 Å². The van der Waals surface area contributed by atoms with Crippen LogP contribution in [0.25, 0.3) is 0 Å². The molecule has 0 amide bonds. The summed E-state index contributed by atoms with van der Waals surface area (Å²) in [6.07, 6.45) is 6.57. The predicted molar refractivity (Wildman–Crippen MR) is 50.3 cm³/mol. The van der Waals surface area contributed by atoms with Gasteiger partial charge in [0.25, 0.3) is 0 Å². The van der Waals surface area contributed by atoms with Gasteiger partial charge in [-0.1, -0.05) is 0 Å². The fourth-order valence-electron chi connectivity index (χ4n) is 1.28. The van der Waals surface area contributed by atoms with E-state index in [1.54, 1.807) is 24.8 Å². The molecule has 0 aromatic carbocycles. The molecule has 0 aliphatic carbocycles. The standard InChI is InChI=1S/C10H8N4/c11-6-8(9-2-1-3-13-9)10-7-12-4-5-14-10/h1-5,7-8,13H. The number of nitriles is 1. The Morgan fingerprint density at radius 2 is 2.36 bits per heavy atom. The van der Waals surface area contributed by atoms with E-state index in [1.165, 1.54) is 0 Å². The van der Waals surface area contributed by atoms with Gasteiger partial charge in [-0.3, -0.25) is 9.97 Å². The van der Waals surface area contributed by atoms with Crippen LogP contribution in [0.5, 0.6) is 0 Å². The van der Waals surface area contributed by atoms with Crippen LogP contribution in [0.4, 0.5) is 0 Å². The number of H-pyrrole nitrogens is 1. The second-order valence-electron chi connectivity index (χ2n) is 2.82. The van der Waals surface area contributed by atoms with Crippen LogP contribution in [-0.2, 0) is 0 Å². The number of aromatic nitrogens is 3. The number of hydrogen-bond donors (Lipinski definition) is 1. The Labute approximate surface area is 81.3 Å². The highest BCUT2D eigenvalue weighted by Gasteiger charge is 2.14. The van der Waals surface area contributed by atoms with Crippen LogP contribution in [0, 0.1) is 11.3 Å². The molecule has 68 valence electrons. The van der Waals surface area contributed by atoms with Crippen molar-refractivity contribution in [2.24, 2.45) is 0 Å². The van der Waals surface area contributed by atoms with Gasteiger partial charge < -0.3 is 4.98 Å². The first-order valence-corrected chi connectivity index (χ1v) is 4.20. The highest BCUT2D eigenvalue weighted by atomic mass is 14.8. The van der Waals surface area contributed by atoms with Gasteiger partial charge in [0.1, 0.15) is 5.92 Å². The molecule has 1 unspecified atom stereocenters. The number of hydrogen-bond acceptors (Lipinski definition) is 3. The summed E-state index contributed by atoms with van der Waals surface area (Å²) in [5, 5.41) is 9.01. The van der Waals surface area contributed by atoms with Crippen molar-refractivity contribution in [1.82, 2.24) is 15.0 Å². The molecule has 0 saturated heterocycles. The lowest BCUT2D eigenvalue weighted by atomic mass is 10.0. The monoisotopic (exact) mass is 184 g/mol. The molecule has 1 atom stereocenters. The van der Waals surface area contributed by atoms with Crippen molar-refractivity contribution in [3.8, 4) is 6.07 Å². The largest absolute Gasteiger partial charge is 0.364 e. The third-order valence-corrected chi connectivity index (χ3v) is 1.94. The summed E-state index contributed by atoms with van der Waals surface area (Å²) in [4.78, 5) is 11.0. The van der Waals surface area contributed by atoms with E-state index in [1.807, 2.05) is 12.1 Å². The number of rotatable bonds is 2. The zero-order chi connectivity index (χ0) is 9.80. The van der Waals surface area contributed by atoms with E-state index < -0.39 is 0 Å². The maximum Gasteiger partial charge on any atom is 0.130 e. The molecule has 2 heterocycles. The lowest BCUT2D eigenvalue weighted by Gasteiger charge is -2.04. The Bertz CT molecular complexity index is 427. The van der Waals surface area contributed by atoms with E-state index in [9.17, 15) is 0 Å². The van der Waals surface area contributed by atoms with Gasteiger partial charge in [-0.15, -0.1) is 0 Å². The highest BCUT2D eigenvalue weighted by molar-refractivity contribution is 5.28. The molecule has 0 saturated carbocycles. The lowest BCUT2D eigenvalue weighted by Crippen LogP contribution is -2.01. The summed E-state index contributed by atoms with van der Waals surface area (Å²) in [5.41, 5.74) is 1.51. The van der Waals surface area contributed by atoms with Gasteiger partial charge in [0.05, 0.1) is 18.0 Å². The van der Waals surface area contributed by atoms with Gasteiger partial charge in [-0.05, 0) is 12.1 Å². The van der Waals surface area contributed by atoms with Crippen LogP contribution < -0.4 is 0 Å². The van der Waals surface area contributed by atoms with Crippen LogP contribution in [0.1, 0.15) is 17.3 Å². The van der Waals surface area contributed by atoms with Crippen LogP contribution in [0.2, 0.25) is 0 Å². The van der Waals surface area contributed by atoms with Gasteiger partial charge in [0.15, 0.2) is 0 Å². The second kappa shape index (κ2) is 3.71. The van der Waals surface area contributed by atoms with Crippen molar-refractivity contribution in [2.45, 2.75) is 5.92 Å². The third-order valence-electron chi connectivity index (χ3n) is 1.94. The van der Waals surface area contributed by atoms with Crippen molar-refractivity contribution < 1.29 is 0 Å². The maximum absolute atomic E-state index is 9.01. The van der Waals surface area contributed by atoms with E-state index in [4.69, 9.17) is 5.26 Å². The van der Waals surface area contributed by atoms with Gasteiger partial charge in [0.2, 0.25) is 0 Å². The zero-order valence-corrected chi connectivity index (χ0v) is 7.38. The van der Waals surface area contributed by atoms with Gasteiger partial charge >= 0.3 is 0 Å². The molecule has 4 heteroatoms. The molecule has 2 rings (SSSR count). The summed E-state index contributed by atoms with van der Waals surface area (Å²) in [7, 11) is 0. The molecule has 4 nitrogen and oxygen atoms in total. The molecule has 0 fully saturated rings. The molecular formula is C10H8N4. The first-order valence-electron chi connectivity index (χ1n) is 4.20. The van der Waals surface area contributed by atoms with E-state index in [0.29, 0.717) is 5.69 Å². The molecule has 2 aromatic rings. The number of nitrogens with zero attached hydrogens (tertiary/aromatic N) is 3. The molecule has 0 aliphatic rings. The summed E-state index contributed by atoms with van der Waals surface area (Å²) < 4.78 is 0. The Morgan fingerprint density at radius 3 is 2.93 bits per heavy atom. The summed E-state index contributed by atoms with van der Waals surface area (Å²) >= 11 is 0. The first kappa shape index (κ1) is 8.45. The molecule has 0 aliphatic heterocycles. The quantitative estimate of drug-likeness (QED) is 0.768. The van der Waals surface area contributed by atoms with E-state index >= 15 is 0 Å². The molecule has 0 radical (unpaired) electrons. The van der Waals surface area contributed by atoms with Crippen LogP contribution >= 0.6 is 0 Å². The second-order valence-corrected chi connectivity index (χ2v) is 2.82. The Balaban J connectivity index is 2.38. The minimum Gasteiger partial charge on any atom is -0.364 e. The van der Waals surface area contributed by atoms with E-state index in [-0.39, 0.29) is 5.92 Å². The van der Waals surface area contributed by atoms with Crippen LogP contribution in [-0.4, -0.2) is 15.0 Å². The SMILES string of the molecule is N#CC(c1cnccn1)c1ccc[nH]1. The number of nitrogens with one attached hydrogen (secondary N) is 1. The summed E-state index contributed by atoms with van der Waals surface area (Å²) in [6, 6.07) is 5.91. The van der Waals surface area contributed by atoms with E-state index in [0.717, 1.165) is 5.69 Å². The Kier molecular flexibility index (Phi) is 2.24. The molecule has 0 bridgehead atoms. The molecule has 14 heavy (non-hydrogen) atoms. The van der Waals surface area contributed by atoms with Crippen molar-refractivity contribution in [2.75, 3.05) is 0 Å². The number of aromatic amines is 1. The normalized spacial score (nSPS) is 11.9. The maximum atomic E-state index is 9.01. The smallest absolute Gasteiger partial charge is 0.130 e. The fourth-order valence-corrected chi connectivity index (χ4v) is 1.28. The predicted octanol–water partition coefficient (Wildman–Crippen LogP) is 1.46. The Hall–Kier alpha value is -2.15. The van der Waals surface area contributed by atoms with Crippen LogP contribution in [0.15, 0.2) is 36.9 Å². The highest BCUT2D eigenvalue weighted by Crippen LogP contribution is 2.19. The van der Waals surface area contributed by atoms with Crippen molar-refractivity contribution in [1.29, 1.82) is 5.26 Å². The molecule has 0 spiro atoms. The topological polar surface area (TPSA) is 65.4 Å². The molecule has 2 aromatic heterocycles. The fraction of sp³-hybridized carbons (Fsp3) is 0.100. The summed E-state index contributed by atoms with van der Waals surface area (Å²) in [5.74, 6) is -0.362. The summed E-state index contributed by atoms with van der Waals surface area (Å²) in [6.45, 7) is 0. The molecular weight excluding hydrogens is 176 g/mol. The van der Waals surface area contributed by atoms with Crippen molar-refractivity contribution in [3.05, 3.63) is 48.3 Å². The zero-order valence-electron chi connectivity index (χ0n) is 7.38. The molecule has 1 N–H and O–H groups in total. The minimum atomic E-state index is -0.362. The average molecular weight is 184 g/mol. The average Bonchev–Trinajstić information content (AvgIpc) is 2.74. The van der Waals surface area contributed by atoms with Gasteiger partial charge in [-0.25, -0.2) is 0 Å².